The molecule has 8 unspecified atom stereocenters. The first-order valence-electron chi connectivity index (χ1n) is 13.6. The third-order valence-corrected chi connectivity index (χ3v) is 7.32. The average Bonchev–Trinajstić information content (AvgIpc) is 3.39. The van der Waals surface area contributed by atoms with Crippen molar-refractivity contribution >= 4 is 11.8 Å². The van der Waals surface area contributed by atoms with Crippen molar-refractivity contribution in [2.75, 3.05) is 20.8 Å². The zero-order chi connectivity index (χ0) is 28.7. The van der Waals surface area contributed by atoms with Gasteiger partial charge in [-0.3, -0.25) is 9.59 Å². The average molecular weight is 524 g/mol. The summed E-state index contributed by atoms with van der Waals surface area (Å²) in [6, 6.07) is -1.01. The van der Waals surface area contributed by atoms with Crippen LogP contribution in [0.5, 0.6) is 0 Å². The molecule has 0 aromatic rings. The summed E-state index contributed by atoms with van der Waals surface area (Å²) in [5, 5.41) is 13.4. The number of allylic oxidation sites excluding steroid dienone is 2. The van der Waals surface area contributed by atoms with Gasteiger partial charge in [-0.25, -0.2) is 0 Å². The Morgan fingerprint density at radius 3 is 2.30 bits per heavy atom. The van der Waals surface area contributed by atoms with Crippen LogP contribution in [-0.2, 0) is 19.1 Å². The summed E-state index contributed by atoms with van der Waals surface area (Å²) in [4.78, 5) is 28.2. The van der Waals surface area contributed by atoms with E-state index in [9.17, 15) is 14.7 Å². The first kappa shape index (κ1) is 35.0. The van der Waals surface area contributed by atoms with Crippen molar-refractivity contribution in [3.8, 4) is 0 Å². The van der Waals surface area contributed by atoms with Crippen LogP contribution < -0.4 is 11.1 Å². The van der Waals surface area contributed by atoms with Crippen molar-refractivity contribution in [3.63, 3.8) is 0 Å². The number of carbonyl (C=O) groups is 2. The second kappa shape index (κ2) is 18.3. The second-order valence-corrected chi connectivity index (χ2v) is 9.58. The number of methoxy groups -OCH3 is 2. The number of hydrogen-bond donors (Lipinski definition) is 3. The van der Waals surface area contributed by atoms with Crippen LogP contribution in [0.25, 0.3) is 0 Å². The Bertz CT molecular complexity index is 741. The summed E-state index contributed by atoms with van der Waals surface area (Å²) in [6.45, 7) is 19.6. The lowest BCUT2D eigenvalue weighted by atomic mass is 9.92. The number of ether oxygens (including phenoxy) is 2. The molecule has 0 aromatic heterocycles. The van der Waals surface area contributed by atoms with Crippen LogP contribution in [0.1, 0.15) is 67.2 Å². The van der Waals surface area contributed by atoms with Gasteiger partial charge < -0.3 is 30.5 Å². The van der Waals surface area contributed by atoms with E-state index in [-0.39, 0.29) is 42.3 Å². The van der Waals surface area contributed by atoms with Gasteiger partial charge in [0.05, 0.1) is 42.7 Å². The van der Waals surface area contributed by atoms with Crippen LogP contribution in [-0.4, -0.2) is 79.0 Å². The molecule has 8 atom stereocenters. The third-order valence-electron chi connectivity index (χ3n) is 7.32. The van der Waals surface area contributed by atoms with Crippen molar-refractivity contribution in [1.82, 2.24) is 10.2 Å². The summed E-state index contributed by atoms with van der Waals surface area (Å²) >= 11 is 0. The molecule has 0 radical (unpaired) electrons. The van der Waals surface area contributed by atoms with Gasteiger partial charge in [-0.05, 0) is 31.3 Å². The van der Waals surface area contributed by atoms with Crippen molar-refractivity contribution in [2.45, 2.75) is 104 Å². The molecule has 1 aliphatic rings. The minimum Gasteiger partial charge on any atom is -0.386 e. The molecule has 1 fully saturated rings. The van der Waals surface area contributed by atoms with E-state index in [1.54, 1.807) is 46.3 Å². The highest BCUT2D eigenvalue weighted by molar-refractivity contribution is 5.80. The lowest BCUT2D eigenvalue weighted by molar-refractivity contribution is -0.142. The maximum Gasteiger partial charge on any atom is 0.225 e. The first-order chi connectivity index (χ1) is 17.6. The Balaban J connectivity index is 0.00000631. The van der Waals surface area contributed by atoms with Gasteiger partial charge in [-0.2, -0.15) is 0 Å². The number of hydrogen-bond acceptors (Lipinski definition) is 6. The molecule has 4 N–H and O–H groups in total. The highest BCUT2D eigenvalue weighted by Crippen LogP contribution is 2.28. The van der Waals surface area contributed by atoms with Crippen molar-refractivity contribution in [3.05, 3.63) is 37.0 Å². The summed E-state index contributed by atoms with van der Waals surface area (Å²) in [7, 11) is 3.15. The van der Waals surface area contributed by atoms with Crippen LogP contribution in [0.3, 0.4) is 0 Å². The highest BCUT2D eigenvalue weighted by atomic mass is 16.5. The van der Waals surface area contributed by atoms with Gasteiger partial charge in [0, 0.05) is 26.8 Å². The van der Waals surface area contributed by atoms with Crippen LogP contribution in [0.4, 0.5) is 0 Å². The minimum absolute atomic E-state index is 0.0401. The maximum absolute atomic E-state index is 13.3. The van der Waals surface area contributed by atoms with Crippen molar-refractivity contribution in [2.24, 2.45) is 17.6 Å². The van der Waals surface area contributed by atoms with Gasteiger partial charge >= 0.3 is 0 Å². The first-order valence-corrected chi connectivity index (χ1v) is 13.6. The smallest absolute Gasteiger partial charge is 0.225 e. The van der Waals surface area contributed by atoms with E-state index in [2.05, 4.69) is 32.3 Å². The Morgan fingerprint density at radius 1 is 1.19 bits per heavy atom. The Kier molecular flexibility index (Phi) is 17.3. The number of amides is 2. The molecule has 1 aliphatic heterocycles. The molecule has 8 nitrogen and oxygen atoms in total. The van der Waals surface area contributed by atoms with Gasteiger partial charge in [0.25, 0.3) is 0 Å². The fraction of sp³-hybridized carbons (Fsp3) is 0.724. The zero-order valence-corrected chi connectivity index (χ0v) is 24.4. The molecule has 0 aliphatic carbocycles. The standard InChI is InChI=1S/C27H47N3O5.C2H6/c1-9-13-20(11-3)25(32)19(6)29-27(33)18(5)26(35-8)21-14-12-15-30(21)23(31)16-22(34-7)24(28)17(4)10-2;1-2/h9,11,13,17-19,21-22,24-26,32H,1,3,10,12,14-16,28H2,2,4-8H3,(H,29,33);1-2H3/b20-13+;. The van der Waals surface area contributed by atoms with Gasteiger partial charge in [-0.15, -0.1) is 0 Å². The molecular formula is C29H53N3O5. The van der Waals surface area contributed by atoms with E-state index in [0.717, 1.165) is 19.3 Å². The molecule has 0 spiro atoms. The van der Waals surface area contributed by atoms with Crippen LogP contribution in [0, 0.1) is 11.8 Å². The minimum atomic E-state index is -0.923. The molecule has 0 saturated carbocycles. The number of carbonyl (C=O) groups excluding carboxylic acids is 2. The predicted molar refractivity (Wildman–Crippen MR) is 151 cm³/mol. The third kappa shape index (κ3) is 10.0. The molecule has 2 amide bonds. The van der Waals surface area contributed by atoms with E-state index >= 15 is 0 Å². The summed E-state index contributed by atoms with van der Waals surface area (Å²) < 4.78 is 11.3. The molecule has 37 heavy (non-hydrogen) atoms. The van der Waals surface area contributed by atoms with E-state index in [1.807, 2.05) is 18.7 Å². The fourth-order valence-corrected chi connectivity index (χ4v) is 4.74. The number of nitrogens with two attached hydrogens (primary N) is 1. The van der Waals surface area contributed by atoms with Crippen LogP contribution in [0.2, 0.25) is 0 Å². The van der Waals surface area contributed by atoms with E-state index < -0.39 is 24.2 Å². The molecule has 1 rings (SSSR count). The van der Waals surface area contributed by atoms with E-state index in [1.165, 1.54) is 0 Å². The Morgan fingerprint density at radius 2 is 1.81 bits per heavy atom. The van der Waals surface area contributed by atoms with Gasteiger partial charge in [0.1, 0.15) is 0 Å². The van der Waals surface area contributed by atoms with E-state index in [0.29, 0.717) is 12.1 Å². The zero-order valence-electron chi connectivity index (χ0n) is 24.4. The van der Waals surface area contributed by atoms with Gasteiger partial charge in [-0.1, -0.05) is 72.4 Å². The highest BCUT2D eigenvalue weighted by Gasteiger charge is 2.41. The number of nitrogens with one attached hydrogen (secondary N) is 1. The molecule has 0 aromatic carbocycles. The molecule has 8 heteroatoms. The largest absolute Gasteiger partial charge is 0.386 e. The lowest BCUT2D eigenvalue weighted by Gasteiger charge is -2.35. The number of aliphatic hydroxyl groups excluding tert-OH is 1. The molecule has 0 bridgehead atoms. The Labute approximate surface area is 225 Å². The summed E-state index contributed by atoms with van der Waals surface area (Å²) in [5.74, 6) is -0.595. The van der Waals surface area contributed by atoms with E-state index in [4.69, 9.17) is 15.2 Å². The number of nitrogens with zero attached hydrogens (tertiary/aromatic N) is 1. The predicted octanol–water partition coefficient (Wildman–Crippen LogP) is 3.60. The monoisotopic (exact) mass is 523 g/mol. The SMILES string of the molecule is C=C/C=C(\C=C)C(O)C(C)NC(=O)C(C)C(OC)C1CCCN1C(=O)CC(OC)C(N)C(C)CC.CC. The van der Waals surface area contributed by atoms with Crippen LogP contribution >= 0.6 is 0 Å². The number of aliphatic hydroxyl groups is 1. The summed E-state index contributed by atoms with van der Waals surface area (Å²) in [5.41, 5.74) is 6.92. The molecule has 214 valence electrons. The topological polar surface area (TPSA) is 114 Å². The second-order valence-electron chi connectivity index (χ2n) is 9.58. The van der Waals surface area contributed by atoms with Gasteiger partial charge in [0.2, 0.25) is 11.8 Å². The molecule has 1 heterocycles. The Hall–Kier alpha value is -2.00. The van der Waals surface area contributed by atoms with Gasteiger partial charge in [0.15, 0.2) is 0 Å². The fourth-order valence-electron chi connectivity index (χ4n) is 4.74. The number of likely N-dealkylation sites (tertiary alicyclic amines) is 1. The summed E-state index contributed by atoms with van der Waals surface area (Å²) in [6.07, 6.45) is 5.66. The maximum atomic E-state index is 13.3. The van der Waals surface area contributed by atoms with Crippen LogP contribution in [0.15, 0.2) is 37.0 Å². The molecular weight excluding hydrogens is 470 g/mol. The number of rotatable bonds is 15. The normalized spacial score (nSPS) is 21.4. The van der Waals surface area contributed by atoms with Crippen molar-refractivity contribution < 1.29 is 24.2 Å². The molecule has 1 saturated heterocycles. The lowest BCUT2D eigenvalue weighted by Crippen LogP contribution is -2.53. The quantitative estimate of drug-likeness (QED) is 0.283. The van der Waals surface area contributed by atoms with Crippen molar-refractivity contribution in [1.29, 1.82) is 0 Å².